The Morgan fingerprint density at radius 1 is 1.38 bits per heavy atom. The van der Waals surface area contributed by atoms with Crippen LogP contribution >= 0.6 is 0 Å². The molecule has 1 unspecified atom stereocenters. The molecule has 0 heterocycles. The molecule has 0 aromatic carbocycles. The second-order valence-corrected chi connectivity index (χ2v) is 3.18. The van der Waals surface area contributed by atoms with Gasteiger partial charge in [-0.3, -0.25) is 9.59 Å². The van der Waals surface area contributed by atoms with Gasteiger partial charge in [0.25, 0.3) is 0 Å². The average Bonchev–Trinajstić information content (AvgIpc) is 2.23. The SMILES string of the molecule is CNCC(=O)NC(CCC(N)=O)C(=O)OC. The fraction of sp³-hybridized carbons (Fsp3) is 0.667. The maximum absolute atomic E-state index is 11.3. The van der Waals surface area contributed by atoms with E-state index in [-0.39, 0.29) is 25.3 Å². The van der Waals surface area contributed by atoms with Crippen LogP contribution in [0.25, 0.3) is 0 Å². The third-order valence-electron chi connectivity index (χ3n) is 1.84. The Morgan fingerprint density at radius 3 is 2.44 bits per heavy atom. The van der Waals surface area contributed by atoms with E-state index in [1.807, 2.05) is 0 Å². The number of hydrogen-bond donors (Lipinski definition) is 3. The normalized spacial score (nSPS) is 11.6. The fourth-order valence-electron chi connectivity index (χ4n) is 1.08. The summed E-state index contributed by atoms with van der Waals surface area (Å²) < 4.78 is 4.50. The number of likely N-dealkylation sites (N-methyl/N-ethyl adjacent to an activating group) is 1. The van der Waals surface area contributed by atoms with Crippen molar-refractivity contribution in [3.05, 3.63) is 0 Å². The van der Waals surface area contributed by atoms with Crippen molar-refractivity contribution >= 4 is 17.8 Å². The highest BCUT2D eigenvalue weighted by molar-refractivity contribution is 5.86. The van der Waals surface area contributed by atoms with Crippen molar-refractivity contribution in [2.24, 2.45) is 5.73 Å². The highest BCUT2D eigenvalue weighted by Crippen LogP contribution is 1.99. The van der Waals surface area contributed by atoms with E-state index in [9.17, 15) is 14.4 Å². The number of amides is 2. The van der Waals surface area contributed by atoms with Crippen LogP contribution in [0.3, 0.4) is 0 Å². The first-order chi connectivity index (χ1) is 7.51. The number of carbonyl (C=O) groups is 3. The molecule has 0 saturated heterocycles. The van der Waals surface area contributed by atoms with E-state index in [4.69, 9.17) is 5.73 Å². The van der Waals surface area contributed by atoms with Crippen LogP contribution in [0.15, 0.2) is 0 Å². The van der Waals surface area contributed by atoms with Crippen molar-refractivity contribution in [3.8, 4) is 0 Å². The summed E-state index contributed by atoms with van der Waals surface area (Å²) in [7, 11) is 2.82. The number of rotatable bonds is 7. The maximum Gasteiger partial charge on any atom is 0.328 e. The average molecular weight is 231 g/mol. The van der Waals surface area contributed by atoms with Gasteiger partial charge in [0.05, 0.1) is 13.7 Å². The summed E-state index contributed by atoms with van der Waals surface area (Å²) in [4.78, 5) is 33.0. The fourth-order valence-corrected chi connectivity index (χ4v) is 1.08. The number of nitrogens with two attached hydrogens (primary N) is 1. The van der Waals surface area contributed by atoms with Gasteiger partial charge in [0.2, 0.25) is 11.8 Å². The van der Waals surface area contributed by atoms with Crippen molar-refractivity contribution in [1.82, 2.24) is 10.6 Å². The number of carbonyl (C=O) groups excluding carboxylic acids is 3. The lowest BCUT2D eigenvalue weighted by molar-refractivity contribution is -0.145. The minimum Gasteiger partial charge on any atom is -0.467 e. The van der Waals surface area contributed by atoms with Gasteiger partial charge >= 0.3 is 5.97 Å². The third-order valence-corrected chi connectivity index (χ3v) is 1.84. The third kappa shape index (κ3) is 5.97. The van der Waals surface area contributed by atoms with E-state index < -0.39 is 17.9 Å². The summed E-state index contributed by atoms with van der Waals surface area (Å²) in [5, 5.41) is 5.08. The molecule has 7 heteroatoms. The number of ether oxygens (including phenoxy) is 1. The molecule has 2 amide bonds. The van der Waals surface area contributed by atoms with Gasteiger partial charge in [-0.15, -0.1) is 0 Å². The van der Waals surface area contributed by atoms with Crippen LogP contribution in [0, 0.1) is 0 Å². The van der Waals surface area contributed by atoms with Gasteiger partial charge in [-0.2, -0.15) is 0 Å². The Kier molecular flexibility index (Phi) is 6.86. The molecule has 0 bridgehead atoms. The molecule has 16 heavy (non-hydrogen) atoms. The molecule has 0 fully saturated rings. The lowest BCUT2D eigenvalue weighted by Crippen LogP contribution is -2.45. The van der Waals surface area contributed by atoms with E-state index in [1.165, 1.54) is 7.11 Å². The van der Waals surface area contributed by atoms with Crippen LogP contribution in [0.2, 0.25) is 0 Å². The standard InChI is InChI=1S/C9H17N3O4/c1-11-5-8(14)12-6(9(15)16-2)3-4-7(10)13/h6,11H,3-5H2,1-2H3,(H2,10,13)(H,12,14). The molecule has 0 aliphatic rings. The monoisotopic (exact) mass is 231 g/mol. The molecule has 0 aromatic heterocycles. The largest absolute Gasteiger partial charge is 0.467 e. The summed E-state index contributed by atoms with van der Waals surface area (Å²) in [6, 6.07) is -0.835. The number of methoxy groups -OCH3 is 1. The first-order valence-corrected chi connectivity index (χ1v) is 4.81. The van der Waals surface area contributed by atoms with Crippen molar-refractivity contribution in [2.75, 3.05) is 20.7 Å². The lowest BCUT2D eigenvalue weighted by Gasteiger charge is -2.15. The van der Waals surface area contributed by atoms with Gasteiger partial charge in [-0.05, 0) is 13.5 Å². The Bertz CT molecular complexity index is 267. The van der Waals surface area contributed by atoms with Crippen molar-refractivity contribution in [2.45, 2.75) is 18.9 Å². The van der Waals surface area contributed by atoms with E-state index in [1.54, 1.807) is 7.05 Å². The van der Waals surface area contributed by atoms with Gasteiger partial charge in [-0.1, -0.05) is 0 Å². The van der Waals surface area contributed by atoms with Crippen LogP contribution in [0.1, 0.15) is 12.8 Å². The molecule has 0 aliphatic heterocycles. The molecule has 4 N–H and O–H groups in total. The smallest absolute Gasteiger partial charge is 0.328 e. The molecule has 0 aromatic rings. The highest BCUT2D eigenvalue weighted by atomic mass is 16.5. The van der Waals surface area contributed by atoms with Gasteiger partial charge in [-0.25, -0.2) is 4.79 Å². The number of esters is 1. The summed E-state index contributed by atoms with van der Waals surface area (Å²) in [5.74, 6) is -1.47. The molecule has 7 nitrogen and oxygen atoms in total. The zero-order valence-electron chi connectivity index (χ0n) is 9.41. The molecule has 0 radical (unpaired) electrons. The Labute approximate surface area is 93.7 Å². The first-order valence-electron chi connectivity index (χ1n) is 4.81. The van der Waals surface area contributed by atoms with Crippen molar-refractivity contribution < 1.29 is 19.1 Å². The summed E-state index contributed by atoms with van der Waals surface area (Å²) in [6.07, 6.45) is 0.150. The van der Waals surface area contributed by atoms with Gasteiger partial charge in [0.1, 0.15) is 6.04 Å². The first kappa shape index (κ1) is 14.4. The Morgan fingerprint density at radius 2 is 2.00 bits per heavy atom. The summed E-state index contributed by atoms with van der Waals surface area (Å²) >= 11 is 0. The predicted molar refractivity (Wildman–Crippen MR) is 56.3 cm³/mol. The molecular formula is C9H17N3O4. The van der Waals surface area contributed by atoms with Gasteiger partial charge in [0.15, 0.2) is 0 Å². The van der Waals surface area contributed by atoms with Crippen molar-refractivity contribution in [3.63, 3.8) is 0 Å². The number of nitrogens with one attached hydrogen (secondary N) is 2. The molecule has 0 rings (SSSR count). The molecule has 0 aliphatic carbocycles. The number of hydrogen-bond acceptors (Lipinski definition) is 5. The van der Waals surface area contributed by atoms with Gasteiger partial charge in [0, 0.05) is 6.42 Å². The molecule has 1 atom stereocenters. The van der Waals surface area contributed by atoms with Crippen molar-refractivity contribution in [1.29, 1.82) is 0 Å². The maximum atomic E-state index is 11.3. The molecule has 92 valence electrons. The highest BCUT2D eigenvalue weighted by Gasteiger charge is 2.21. The Hall–Kier alpha value is -1.63. The summed E-state index contributed by atoms with van der Waals surface area (Å²) in [5.41, 5.74) is 4.96. The van der Waals surface area contributed by atoms with Gasteiger partial charge < -0.3 is 21.1 Å². The van der Waals surface area contributed by atoms with Crippen LogP contribution in [-0.4, -0.2) is 44.5 Å². The topological polar surface area (TPSA) is 111 Å². The molecule has 0 saturated carbocycles. The lowest BCUT2D eigenvalue weighted by atomic mass is 10.1. The second-order valence-electron chi connectivity index (χ2n) is 3.18. The van der Waals surface area contributed by atoms with Crippen LogP contribution in [0.4, 0.5) is 0 Å². The van der Waals surface area contributed by atoms with E-state index in [2.05, 4.69) is 15.4 Å². The van der Waals surface area contributed by atoms with E-state index in [0.717, 1.165) is 0 Å². The minimum absolute atomic E-state index is 0.0135. The van der Waals surface area contributed by atoms with E-state index >= 15 is 0 Å². The number of primary amides is 1. The van der Waals surface area contributed by atoms with Crippen LogP contribution in [0.5, 0.6) is 0 Å². The Balaban J connectivity index is 4.25. The summed E-state index contributed by atoms with van der Waals surface area (Å²) in [6.45, 7) is 0.0874. The molecular weight excluding hydrogens is 214 g/mol. The van der Waals surface area contributed by atoms with Crippen LogP contribution < -0.4 is 16.4 Å². The quantitative estimate of drug-likeness (QED) is 0.444. The zero-order valence-corrected chi connectivity index (χ0v) is 9.41. The minimum atomic E-state index is -0.835. The van der Waals surface area contributed by atoms with Crippen LogP contribution in [-0.2, 0) is 19.1 Å². The van der Waals surface area contributed by atoms with E-state index in [0.29, 0.717) is 0 Å². The molecule has 0 spiro atoms. The zero-order chi connectivity index (χ0) is 12.6. The predicted octanol–water partition coefficient (Wildman–Crippen LogP) is -1.87. The second kappa shape index (κ2) is 7.63.